The molecule has 0 radical (unpaired) electrons. The van der Waals surface area contributed by atoms with E-state index in [1.54, 1.807) is 13.0 Å². The minimum absolute atomic E-state index is 0.223. The fourth-order valence-electron chi connectivity index (χ4n) is 2.70. The van der Waals surface area contributed by atoms with E-state index >= 15 is 0 Å². The van der Waals surface area contributed by atoms with Crippen molar-refractivity contribution in [1.29, 1.82) is 0 Å². The molecule has 1 aromatic carbocycles. The van der Waals surface area contributed by atoms with E-state index in [4.69, 9.17) is 4.74 Å². The Morgan fingerprint density at radius 1 is 1.45 bits per heavy atom. The fraction of sp³-hybridized carbons (Fsp3) is 0.412. The molecule has 5 heteroatoms. The fourth-order valence-corrected chi connectivity index (χ4v) is 2.70. The van der Waals surface area contributed by atoms with Crippen molar-refractivity contribution >= 4 is 12.2 Å². The van der Waals surface area contributed by atoms with E-state index in [1.807, 2.05) is 30.3 Å². The van der Waals surface area contributed by atoms with Gasteiger partial charge in [-0.25, -0.2) is 0 Å². The number of nitrogens with zero attached hydrogens (tertiary/aromatic N) is 1. The summed E-state index contributed by atoms with van der Waals surface area (Å²) in [5.74, 6) is -0.354. The number of benzene rings is 1. The van der Waals surface area contributed by atoms with E-state index in [9.17, 15) is 14.7 Å². The minimum Gasteiger partial charge on any atom is -0.389 e. The lowest BCUT2D eigenvalue weighted by atomic mass is 10.0. The lowest BCUT2D eigenvalue weighted by Gasteiger charge is -2.27. The first-order valence-corrected chi connectivity index (χ1v) is 7.36. The monoisotopic (exact) mass is 303 g/mol. The zero-order valence-corrected chi connectivity index (χ0v) is 12.8. The first-order valence-electron chi connectivity index (χ1n) is 7.36. The van der Waals surface area contributed by atoms with Gasteiger partial charge in [-0.05, 0) is 25.8 Å². The summed E-state index contributed by atoms with van der Waals surface area (Å²) in [5, 5.41) is 9.73. The Hall–Kier alpha value is -1.98. The summed E-state index contributed by atoms with van der Waals surface area (Å²) in [4.78, 5) is 25.3. The quantitative estimate of drug-likeness (QED) is 0.658. The lowest BCUT2D eigenvalue weighted by Crippen LogP contribution is -2.45. The van der Waals surface area contributed by atoms with Gasteiger partial charge in [-0.1, -0.05) is 36.4 Å². The number of allylic oxidation sites excluding steroid dienone is 1. The normalized spacial score (nSPS) is 23.4. The van der Waals surface area contributed by atoms with E-state index in [-0.39, 0.29) is 17.5 Å². The van der Waals surface area contributed by atoms with E-state index in [0.717, 1.165) is 5.56 Å². The average molecular weight is 303 g/mol. The number of rotatable bonds is 5. The van der Waals surface area contributed by atoms with Crippen LogP contribution in [0, 0.1) is 0 Å². The van der Waals surface area contributed by atoms with Crippen molar-refractivity contribution in [3.05, 3.63) is 47.5 Å². The van der Waals surface area contributed by atoms with Crippen LogP contribution in [0.1, 0.15) is 19.4 Å². The molecule has 0 saturated carbocycles. The maximum absolute atomic E-state index is 12.6. The van der Waals surface area contributed by atoms with Crippen LogP contribution in [0.4, 0.5) is 0 Å². The largest absolute Gasteiger partial charge is 0.389 e. The van der Waals surface area contributed by atoms with Gasteiger partial charge in [0.25, 0.3) is 5.91 Å². The Kier molecular flexibility index (Phi) is 5.46. The lowest BCUT2D eigenvalue weighted by molar-refractivity contribution is -0.139. The van der Waals surface area contributed by atoms with Gasteiger partial charge < -0.3 is 14.7 Å². The molecule has 0 spiro atoms. The first-order chi connectivity index (χ1) is 10.6. The zero-order chi connectivity index (χ0) is 16.1. The van der Waals surface area contributed by atoms with Gasteiger partial charge in [-0.3, -0.25) is 9.59 Å². The van der Waals surface area contributed by atoms with Crippen molar-refractivity contribution in [2.75, 3.05) is 6.61 Å². The molecule has 2 unspecified atom stereocenters. The number of ether oxygens (including phenoxy) is 1. The van der Waals surface area contributed by atoms with Crippen molar-refractivity contribution in [2.45, 2.75) is 38.6 Å². The second-order valence-corrected chi connectivity index (χ2v) is 5.34. The number of aliphatic hydroxyl groups is 1. The second-order valence-electron chi connectivity index (χ2n) is 5.34. The molecule has 3 atom stereocenters. The SMILES string of the molecule is C/C=C(/C(=O)N1C(Cc2ccccc2)COC1C=O)[C@H](C)O. The van der Waals surface area contributed by atoms with Crippen LogP contribution in [0.25, 0.3) is 0 Å². The molecule has 1 fully saturated rings. The van der Waals surface area contributed by atoms with Gasteiger partial charge in [-0.2, -0.15) is 0 Å². The molecule has 22 heavy (non-hydrogen) atoms. The van der Waals surface area contributed by atoms with Crippen molar-refractivity contribution in [3.8, 4) is 0 Å². The second kappa shape index (κ2) is 7.33. The van der Waals surface area contributed by atoms with Gasteiger partial charge in [0.2, 0.25) is 0 Å². The number of carbonyl (C=O) groups is 2. The summed E-state index contributed by atoms with van der Waals surface area (Å²) >= 11 is 0. The molecule has 1 amide bonds. The van der Waals surface area contributed by atoms with Crippen LogP contribution in [0.3, 0.4) is 0 Å². The summed E-state index contributed by atoms with van der Waals surface area (Å²) in [6.45, 7) is 3.53. The highest BCUT2D eigenvalue weighted by Gasteiger charge is 2.39. The van der Waals surface area contributed by atoms with Crippen LogP contribution < -0.4 is 0 Å². The van der Waals surface area contributed by atoms with Crippen LogP contribution in [0.15, 0.2) is 42.0 Å². The molecule has 0 aromatic heterocycles. The van der Waals surface area contributed by atoms with Gasteiger partial charge in [0.15, 0.2) is 12.5 Å². The van der Waals surface area contributed by atoms with Crippen molar-refractivity contribution < 1.29 is 19.4 Å². The third kappa shape index (κ3) is 3.43. The average Bonchev–Trinajstić information content (AvgIpc) is 2.91. The summed E-state index contributed by atoms with van der Waals surface area (Å²) in [5.41, 5.74) is 1.34. The van der Waals surface area contributed by atoms with Gasteiger partial charge in [0, 0.05) is 5.57 Å². The number of carbonyl (C=O) groups excluding carboxylic acids is 2. The first kappa shape index (κ1) is 16.4. The Morgan fingerprint density at radius 3 is 2.68 bits per heavy atom. The van der Waals surface area contributed by atoms with Crippen LogP contribution in [-0.2, 0) is 20.7 Å². The third-order valence-electron chi connectivity index (χ3n) is 3.80. The highest BCUT2D eigenvalue weighted by atomic mass is 16.5. The standard InChI is InChI=1S/C17H21NO4/c1-3-15(12(2)20)17(21)18-14(11-22-16(18)10-19)9-13-7-5-4-6-8-13/h3-8,10,12,14,16,20H,9,11H2,1-2H3/b15-3+/t12-,14?,16?/m0/s1. The maximum Gasteiger partial charge on any atom is 0.254 e. The van der Waals surface area contributed by atoms with E-state index in [0.29, 0.717) is 19.3 Å². The molecule has 1 heterocycles. The van der Waals surface area contributed by atoms with Crippen molar-refractivity contribution in [3.63, 3.8) is 0 Å². The molecular formula is C17H21NO4. The van der Waals surface area contributed by atoms with Crippen LogP contribution in [0.5, 0.6) is 0 Å². The molecule has 2 rings (SSSR count). The van der Waals surface area contributed by atoms with Gasteiger partial charge in [-0.15, -0.1) is 0 Å². The summed E-state index contributed by atoms with van der Waals surface area (Å²) in [6.07, 6.45) is 1.02. The Balaban J connectivity index is 2.23. The van der Waals surface area contributed by atoms with Gasteiger partial charge in [0.05, 0.1) is 18.8 Å². The Morgan fingerprint density at radius 2 is 2.14 bits per heavy atom. The molecular weight excluding hydrogens is 282 g/mol. The van der Waals surface area contributed by atoms with Crippen LogP contribution in [0.2, 0.25) is 0 Å². The number of amides is 1. The summed E-state index contributed by atoms with van der Waals surface area (Å²) in [7, 11) is 0. The highest BCUT2D eigenvalue weighted by Crippen LogP contribution is 2.23. The summed E-state index contributed by atoms with van der Waals surface area (Å²) in [6, 6.07) is 9.52. The molecule has 0 bridgehead atoms. The molecule has 0 aliphatic carbocycles. The summed E-state index contributed by atoms with van der Waals surface area (Å²) < 4.78 is 5.42. The number of aliphatic hydroxyl groups excluding tert-OH is 1. The molecule has 5 nitrogen and oxygen atoms in total. The van der Waals surface area contributed by atoms with E-state index < -0.39 is 12.3 Å². The van der Waals surface area contributed by atoms with Crippen LogP contribution >= 0.6 is 0 Å². The predicted octanol–water partition coefficient (Wildman–Crippen LogP) is 1.31. The van der Waals surface area contributed by atoms with Gasteiger partial charge >= 0.3 is 0 Å². The molecule has 118 valence electrons. The smallest absolute Gasteiger partial charge is 0.254 e. The topological polar surface area (TPSA) is 66.8 Å². The predicted molar refractivity (Wildman–Crippen MR) is 82.0 cm³/mol. The number of hydrogen-bond donors (Lipinski definition) is 1. The van der Waals surface area contributed by atoms with Crippen LogP contribution in [-0.4, -0.2) is 47.2 Å². The van der Waals surface area contributed by atoms with Crippen molar-refractivity contribution in [1.82, 2.24) is 4.90 Å². The number of hydrogen-bond acceptors (Lipinski definition) is 4. The molecule has 1 N–H and O–H groups in total. The maximum atomic E-state index is 12.6. The molecule has 1 aliphatic rings. The van der Waals surface area contributed by atoms with E-state index in [2.05, 4.69) is 0 Å². The molecule has 1 aliphatic heterocycles. The van der Waals surface area contributed by atoms with Gasteiger partial charge in [0.1, 0.15) is 0 Å². The molecule has 1 aromatic rings. The highest BCUT2D eigenvalue weighted by molar-refractivity contribution is 5.96. The number of aldehydes is 1. The van der Waals surface area contributed by atoms with E-state index in [1.165, 1.54) is 11.8 Å². The Bertz CT molecular complexity index is 553. The minimum atomic E-state index is -0.894. The molecule has 1 saturated heterocycles. The third-order valence-corrected chi connectivity index (χ3v) is 3.80. The Labute approximate surface area is 130 Å². The van der Waals surface area contributed by atoms with Crippen molar-refractivity contribution in [2.24, 2.45) is 0 Å². The zero-order valence-electron chi connectivity index (χ0n) is 12.8.